The number of halogens is 1. The molecule has 0 spiro atoms. The van der Waals surface area contributed by atoms with Crippen LogP contribution in [0.3, 0.4) is 0 Å². The van der Waals surface area contributed by atoms with Crippen LogP contribution in [-0.4, -0.2) is 37.5 Å². The van der Waals surface area contributed by atoms with E-state index in [1.807, 2.05) is 6.07 Å². The molecule has 0 fully saturated rings. The predicted molar refractivity (Wildman–Crippen MR) is 82.9 cm³/mol. The van der Waals surface area contributed by atoms with Crippen molar-refractivity contribution in [1.29, 1.82) is 0 Å². The van der Waals surface area contributed by atoms with Gasteiger partial charge in [-0.15, -0.1) is 11.3 Å². The molecule has 20 heavy (non-hydrogen) atoms. The fourth-order valence-electron chi connectivity index (χ4n) is 1.76. The molecule has 110 valence electrons. The van der Waals surface area contributed by atoms with Crippen molar-refractivity contribution in [3.8, 4) is 0 Å². The number of hydrogen-bond acceptors (Lipinski definition) is 4. The van der Waals surface area contributed by atoms with E-state index in [2.05, 4.69) is 0 Å². The molecule has 0 aliphatic rings. The first-order valence-electron chi connectivity index (χ1n) is 6.14. The van der Waals surface area contributed by atoms with Crippen LogP contribution in [0.2, 0.25) is 5.02 Å². The summed E-state index contributed by atoms with van der Waals surface area (Å²) in [6.07, 6.45) is -0.110. The van der Waals surface area contributed by atoms with Crippen molar-refractivity contribution in [3.63, 3.8) is 0 Å². The normalized spacial score (nSPS) is 14.1. The van der Waals surface area contributed by atoms with E-state index in [0.717, 1.165) is 10.1 Å². The van der Waals surface area contributed by atoms with E-state index < -0.39 is 16.1 Å². The number of benzene rings is 1. The maximum atomic E-state index is 12.4. The first-order valence-corrected chi connectivity index (χ1v) is 8.77. The number of thiophene rings is 1. The van der Waals surface area contributed by atoms with Crippen molar-refractivity contribution in [3.05, 3.63) is 29.3 Å². The minimum absolute atomic E-state index is 0.287. The molecule has 1 aromatic heterocycles. The van der Waals surface area contributed by atoms with Gasteiger partial charge in [0.2, 0.25) is 0 Å². The maximum Gasteiger partial charge on any atom is 0.252 e. The van der Waals surface area contributed by atoms with E-state index in [9.17, 15) is 13.5 Å². The molecule has 2 rings (SSSR count). The third-order valence-electron chi connectivity index (χ3n) is 2.98. The molecule has 1 atom stereocenters. The zero-order valence-electron chi connectivity index (χ0n) is 11.2. The summed E-state index contributed by atoms with van der Waals surface area (Å²) >= 11 is 7.13. The molecular formula is C13H16ClNO3S2. The minimum atomic E-state index is -3.51. The van der Waals surface area contributed by atoms with Crippen LogP contribution in [0.15, 0.2) is 28.5 Å². The Balaban J connectivity index is 2.31. The molecule has 2 aromatic rings. The van der Waals surface area contributed by atoms with Gasteiger partial charge in [-0.2, -0.15) is 0 Å². The molecule has 7 heteroatoms. The average Bonchev–Trinajstić information content (AvgIpc) is 2.79. The van der Waals surface area contributed by atoms with Crippen LogP contribution >= 0.6 is 22.9 Å². The van der Waals surface area contributed by atoms with E-state index in [1.165, 1.54) is 22.7 Å². The summed E-state index contributed by atoms with van der Waals surface area (Å²) in [6, 6.07) is 6.95. The molecule has 0 amide bonds. The second-order valence-corrected chi connectivity index (χ2v) is 8.50. The van der Waals surface area contributed by atoms with Gasteiger partial charge in [-0.3, -0.25) is 0 Å². The Bertz CT molecular complexity index is 709. The monoisotopic (exact) mass is 333 g/mol. The summed E-state index contributed by atoms with van der Waals surface area (Å²) in [4.78, 5) is 0. The summed E-state index contributed by atoms with van der Waals surface area (Å²) in [5, 5.41) is 10.7. The van der Waals surface area contributed by atoms with Crippen molar-refractivity contribution < 1.29 is 13.5 Å². The Hall–Kier alpha value is -0.660. The van der Waals surface area contributed by atoms with E-state index in [-0.39, 0.29) is 6.54 Å². The minimum Gasteiger partial charge on any atom is -0.393 e. The third kappa shape index (κ3) is 3.32. The fraction of sp³-hybridized carbons (Fsp3) is 0.385. The van der Waals surface area contributed by atoms with Crippen LogP contribution < -0.4 is 0 Å². The van der Waals surface area contributed by atoms with E-state index >= 15 is 0 Å². The molecule has 1 N–H and O–H groups in total. The molecular weight excluding hydrogens is 318 g/mol. The number of rotatable bonds is 5. The lowest BCUT2D eigenvalue weighted by atomic mass is 10.3. The SMILES string of the molecule is CC(O)CCN(C)S(=O)(=O)c1cc2cc(Cl)ccc2s1. The van der Waals surface area contributed by atoms with Crippen LogP contribution in [0, 0.1) is 0 Å². The molecule has 0 radical (unpaired) electrons. The van der Waals surface area contributed by atoms with Gasteiger partial charge in [-0.05, 0) is 43.0 Å². The van der Waals surface area contributed by atoms with Crippen LogP contribution in [0.25, 0.3) is 10.1 Å². The smallest absolute Gasteiger partial charge is 0.252 e. The summed E-state index contributed by atoms with van der Waals surface area (Å²) in [5.41, 5.74) is 0. The summed E-state index contributed by atoms with van der Waals surface area (Å²) < 4.78 is 27.3. The predicted octanol–water partition coefficient (Wildman–Crippen LogP) is 2.95. The molecule has 0 bridgehead atoms. The standard InChI is InChI=1S/C13H16ClNO3S2/c1-9(16)5-6-15(2)20(17,18)13-8-10-7-11(14)3-4-12(10)19-13/h3-4,7-9,16H,5-6H2,1-2H3. The first-order chi connectivity index (χ1) is 9.30. The van der Waals surface area contributed by atoms with Crippen LogP contribution in [0.4, 0.5) is 0 Å². The van der Waals surface area contributed by atoms with Crippen molar-refractivity contribution in [1.82, 2.24) is 4.31 Å². The number of nitrogens with zero attached hydrogens (tertiary/aromatic N) is 1. The van der Waals surface area contributed by atoms with Gasteiger partial charge in [0.1, 0.15) is 4.21 Å². The zero-order valence-corrected chi connectivity index (χ0v) is 13.6. The maximum absolute atomic E-state index is 12.4. The topological polar surface area (TPSA) is 57.6 Å². The van der Waals surface area contributed by atoms with Gasteiger partial charge in [0.05, 0.1) is 6.10 Å². The summed E-state index contributed by atoms with van der Waals surface area (Å²) in [7, 11) is -1.99. The Morgan fingerprint density at radius 1 is 1.40 bits per heavy atom. The number of aliphatic hydroxyl groups is 1. The highest BCUT2D eigenvalue weighted by Crippen LogP contribution is 2.32. The summed E-state index contributed by atoms with van der Waals surface area (Å²) in [5.74, 6) is 0. The van der Waals surface area contributed by atoms with Crippen molar-refractivity contribution in [2.75, 3.05) is 13.6 Å². The number of sulfonamides is 1. The molecule has 1 heterocycles. The molecule has 4 nitrogen and oxygen atoms in total. The Morgan fingerprint density at radius 2 is 2.10 bits per heavy atom. The Labute approximate surface area is 127 Å². The Morgan fingerprint density at radius 3 is 2.75 bits per heavy atom. The lowest BCUT2D eigenvalue weighted by molar-refractivity contribution is 0.177. The Kier molecular flexibility index (Phi) is 4.71. The molecule has 0 saturated heterocycles. The van der Waals surface area contributed by atoms with Gasteiger partial charge >= 0.3 is 0 Å². The lowest BCUT2D eigenvalue weighted by Gasteiger charge is -2.16. The fourth-order valence-corrected chi connectivity index (χ4v) is 4.72. The second kappa shape index (κ2) is 5.99. The highest BCUT2D eigenvalue weighted by atomic mass is 35.5. The van der Waals surface area contributed by atoms with Crippen LogP contribution in [0.1, 0.15) is 13.3 Å². The molecule has 1 unspecified atom stereocenters. The molecule has 0 aliphatic carbocycles. The van der Waals surface area contributed by atoms with Crippen molar-refractivity contribution in [2.45, 2.75) is 23.7 Å². The highest BCUT2D eigenvalue weighted by Gasteiger charge is 2.23. The van der Waals surface area contributed by atoms with Gasteiger partial charge in [-0.25, -0.2) is 12.7 Å². The number of aliphatic hydroxyl groups excluding tert-OH is 1. The molecule has 1 aromatic carbocycles. The van der Waals surface area contributed by atoms with Crippen LogP contribution in [0.5, 0.6) is 0 Å². The number of hydrogen-bond donors (Lipinski definition) is 1. The molecule has 0 aliphatic heterocycles. The van der Waals surface area contributed by atoms with E-state index in [0.29, 0.717) is 15.7 Å². The van der Waals surface area contributed by atoms with Gasteiger partial charge in [0, 0.05) is 23.3 Å². The zero-order chi connectivity index (χ0) is 14.9. The van der Waals surface area contributed by atoms with Gasteiger partial charge in [-0.1, -0.05) is 11.6 Å². The third-order valence-corrected chi connectivity index (χ3v) is 6.64. The van der Waals surface area contributed by atoms with Crippen molar-refractivity contribution >= 4 is 43.0 Å². The lowest BCUT2D eigenvalue weighted by Crippen LogP contribution is -2.29. The van der Waals surface area contributed by atoms with E-state index in [1.54, 1.807) is 25.1 Å². The van der Waals surface area contributed by atoms with E-state index in [4.69, 9.17) is 11.6 Å². The average molecular weight is 334 g/mol. The second-order valence-electron chi connectivity index (χ2n) is 4.71. The van der Waals surface area contributed by atoms with Gasteiger partial charge < -0.3 is 5.11 Å². The van der Waals surface area contributed by atoms with Gasteiger partial charge in [0.25, 0.3) is 10.0 Å². The van der Waals surface area contributed by atoms with Crippen molar-refractivity contribution in [2.24, 2.45) is 0 Å². The summed E-state index contributed by atoms with van der Waals surface area (Å²) in [6.45, 7) is 1.93. The largest absolute Gasteiger partial charge is 0.393 e. The highest BCUT2D eigenvalue weighted by molar-refractivity contribution is 7.91. The quantitative estimate of drug-likeness (QED) is 0.915. The van der Waals surface area contributed by atoms with Gasteiger partial charge in [0.15, 0.2) is 0 Å². The molecule has 0 saturated carbocycles. The first kappa shape index (κ1) is 15.7. The number of fused-ring (bicyclic) bond motifs is 1. The van der Waals surface area contributed by atoms with Crippen LogP contribution in [-0.2, 0) is 10.0 Å².